The Hall–Kier alpha value is -1.89. The number of hydrogen-bond acceptors (Lipinski definition) is 5. The highest BCUT2D eigenvalue weighted by molar-refractivity contribution is 7.09. The Bertz CT molecular complexity index is 695. The van der Waals surface area contributed by atoms with Crippen LogP contribution in [0.2, 0.25) is 0 Å². The van der Waals surface area contributed by atoms with Crippen LogP contribution < -0.4 is 10.6 Å². The maximum absolute atomic E-state index is 12.8. The van der Waals surface area contributed by atoms with E-state index in [4.69, 9.17) is 4.74 Å². The van der Waals surface area contributed by atoms with Gasteiger partial charge in [-0.15, -0.1) is 11.3 Å². The molecule has 0 aliphatic heterocycles. The smallest absolute Gasteiger partial charge is 0.325 e. The quantitative estimate of drug-likeness (QED) is 0.651. The van der Waals surface area contributed by atoms with Gasteiger partial charge in [0.1, 0.15) is 6.54 Å². The molecule has 0 saturated heterocycles. The van der Waals surface area contributed by atoms with Gasteiger partial charge >= 0.3 is 5.97 Å². The summed E-state index contributed by atoms with van der Waals surface area (Å²) in [5.74, 6) is 1.17. The lowest BCUT2D eigenvalue weighted by atomic mass is 9.49. The summed E-state index contributed by atoms with van der Waals surface area (Å²) in [6.45, 7) is 0.0409. The van der Waals surface area contributed by atoms with E-state index in [0.29, 0.717) is 24.3 Å². The van der Waals surface area contributed by atoms with Gasteiger partial charge in [-0.3, -0.25) is 14.4 Å². The van der Waals surface area contributed by atoms with Crippen molar-refractivity contribution in [3.63, 3.8) is 0 Å². The third-order valence-corrected chi connectivity index (χ3v) is 7.49. The molecule has 4 fully saturated rings. The third kappa shape index (κ3) is 4.40. The number of hydrogen-bond donors (Lipinski definition) is 2. The van der Waals surface area contributed by atoms with Crippen molar-refractivity contribution < 1.29 is 19.1 Å². The summed E-state index contributed by atoms with van der Waals surface area (Å²) in [4.78, 5) is 37.7. The summed E-state index contributed by atoms with van der Waals surface area (Å²) in [7, 11) is 0. The highest BCUT2D eigenvalue weighted by atomic mass is 32.1. The van der Waals surface area contributed by atoms with Crippen molar-refractivity contribution >= 4 is 29.1 Å². The van der Waals surface area contributed by atoms with E-state index in [9.17, 15) is 14.4 Å². The molecule has 0 spiro atoms. The molecule has 152 valence electrons. The van der Waals surface area contributed by atoms with Crippen LogP contribution in [-0.4, -0.2) is 37.5 Å². The van der Waals surface area contributed by atoms with Gasteiger partial charge in [0, 0.05) is 16.8 Å². The Balaban J connectivity index is 1.14. The molecule has 0 radical (unpaired) electrons. The number of carbonyl (C=O) groups is 3. The van der Waals surface area contributed by atoms with E-state index >= 15 is 0 Å². The van der Waals surface area contributed by atoms with Crippen molar-refractivity contribution in [3.8, 4) is 0 Å². The predicted molar refractivity (Wildman–Crippen MR) is 106 cm³/mol. The molecule has 1 aromatic heterocycles. The molecule has 1 aromatic rings. The highest BCUT2D eigenvalue weighted by Gasteiger charge is 2.54. The summed E-state index contributed by atoms with van der Waals surface area (Å²) in [6.07, 6.45) is 7.48. The van der Waals surface area contributed by atoms with E-state index in [1.54, 1.807) is 11.3 Å². The zero-order valence-corrected chi connectivity index (χ0v) is 16.9. The van der Waals surface area contributed by atoms with E-state index < -0.39 is 5.97 Å². The first-order valence-corrected chi connectivity index (χ1v) is 11.1. The van der Waals surface area contributed by atoms with E-state index in [-0.39, 0.29) is 30.4 Å². The maximum Gasteiger partial charge on any atom is 0.325 e. The Morgan fingerprint density at radius 1 is 1.07 bits per heavy atom. The van der Waals surface area contributed by atoms with Gasteiger partial charge < -0.3 is 15.4 Å². The fourth-order valence-electron chi connectivity index (χ4n) is 5.76. The molecule has 0 atom stereocenters. The second-order valence-corrected chi connectivity index (χ2v) is 9.75. The first-order valence-electron chi connectivity index (χ1n) is 10.3. The molecule has 28 heavy (non-hydrogen) atoms. The third-order valence-electron chi connectivity index (χ3n) is 6.55. The molecule has 6 nitrogen and oxygen atoms in total. The summed E-state index contributed by atoms with van der Waals surface area (Å²) in [5, 5.41) is 7.51. The van der Waals surface area contributed by atoms with Crippen molar-refractivity contribution in [1.82, 2.24) is 10.6 Å². The number of esters is 1. The number of ether oxygens (including phenoxy) is 1. The standard InChI is InChI=1S/C21H28N2O4S/c24-18(22-4-3-17-2-1-5-28-17)13-27-19(25)12-23-20(26)21-9-14-6-15(10-21)8-16(7-14)11-21/h1-2,5,14-16H,3-4,6-13H2,(H,22,24)(H,23,26). The summed E-state index contributed by atoms with van der Waals surface area (Å²) in [6, 6.07) is 3.99. The molecule has 4 aliphatic carbocycles. The molecular weight excluding hydrogens is 376 g/mol. The Morgan fingerprint density at radius 2 is 1.75 bits per heavy atom. The van der Waals surface area contributed by atoms with Gasteiger partial charge in [0.05, 0.1) is 0 Å². The minimum atomic E-state index is -0.563. The van der Waals surface area contributed by atoms with Gasteiger partial charge in [0.25, 0.3) is 5.91 Å². The van der Waals surface area contributed by atoms with Crippen molar-refractivity contribution in [1.29, 1.82) is 0 Å². The topological polar surface area (TPSA) is 84.5 Å². The average molecular weight is 405 g/mol. The fourth-order valence-corrected chi connectivity index (χ4v) is 6.47. The van der Waals surface area contributed by atoms with E-state index in [2.05, 4.69) is 10.6 Å². The Morgan fingerprint density at radius 3 is 2.36 bits per heavy atom. The summed E-state index contributed by atoms with van der Waals surface area (Å²) < 4.78 is 5.00. The lowest BCUT2D eigenvalue weighted by Gasteiger charge is -2.55. The fraction of sp³-hybridized carbons (Fsp3) is 0.667. The van der Waals surface area contributed by atoms with Crippen molar-refractivity contribution in [2.24, 2.45) is 23.2 Å². The Labute approximate surface area is 169 Å². The highest BCUT2D eigenvalue weighted by Crippen LogP contribution is 2.60. The molecule has 0 aromatic carbocycles. The average Bonchev–Trinajstić information content (AvgIpc) is 3.17. The maximum atomic E-state index is 12.8. The first kappa shape index (κ1) is 19.4. The monoisotopic (exact) mass is 404 g/mol. The number of thiophene rings is 1. The lowest BCUT2D eigenvalue weighted by Crippen LogP contribution is -2.54. The van der Waals surface area contributed by atoms with Crippen LogP contribution in [0.3, 0.4) is 0 Å². The zero-order valence-electron chi connectivity index (χ0n) is 16.1. The van der Waals surface area contributed by atoms with Crippen LogP contribution in [0.25, 0.3) is 0 Å². The minimum Gasteiger partial charge on any atom is -0.454 e. The molecule has 4 aliphatic rings. The number of carbonyl (C=O) groups excluding carboxylic acids is 3. The normalized spacial score (nSPS) is 30.1. The van der Waals surface area contributed by atoms with E-state index in [0.717, 1.165) is 25.7 Å². The molecule has 2 amide bonds. The van der Waals surface area contributed by atoms with Gasteiger partial charge in [-0.05, 0) is 74.1 Å². The van der Waals surface area contributed by atoms with E-state index in [1.165, 1.54) is 24.1 Å². The second kappa shape index (κ2) is 8.23. The van der Waals surface area contributed by atoms with Crippen LogP contribution in [0.15, 0.2) is 17.5 Å². The number of nitrogens with one attached hydrogen (secondary N) is 2. The van der Waals surface area contributed by atoms with Crippen molar-refractivity contribution in [2.45, 2.75) is 44.9 Å². The van der Waals surface area contributed by atoms with Crippen LogP contribution in [0.1, 0.15) is 43.4 Å². The second-order valence-electron chi connectivity index (χ2n) is 8.72. The Kier molecular flexibility index (Phi) is 5.71. The van der Waals surface area contributed by atoms with Crippen LogP contribution in [-0.2, 0) is 25.5 Å². The van der Waals surface area contributed by atoms with Gasteiger partial charge in [-0.25, -0.2) is 0 Å². The molecule has 5 rings (SSSR count). The van der Waals surface area contributed by atoms with Crippen molar-refractivity contribution in [2.75, 3.05) is 19.7 Å². The van der Waals surface area contributed by atoms with Crippen LogP contribution >= 0.6 is 11.3 Å². The zero-order chi connectivity index (χ0) is 19.6. The predicted octanol–water partition coefficient (Wildman–Crippen LogP) is 2.28. The van der Waals surface area contributed by atoms with Gasteiger partial charge in [0.2, 0.25) is 5.91 Å². The van der Waals surface area contributed by atoms with Gasteiger partial charge in [-0.1, -0.05) is 6.07 Å². The molecule has 2 N–H and O–H groups in total. The number of amides is 2. The minimum absolute atomic E-state index is 0.00366. The largest absolute Gasteiger partial charge is 0.454 e. The molecule has 0 unspecified atom stereocenters. The molecule has 1 heterocycles. The number of rotatable bonds is 8. The van der Waals surface area contributed by atoms with Crippen LogP contribution in [0, 0.1) is 23.2 Å². The SMILES string of the molecule is O=C(COC(=O)CNC(=O)C12CC3CC(CC(C3)C1)C2)NCCc1cccs1. The molecular formula is C21H28N2O4S. The van der Waals surface area contributed by atoms with Gasteiger partial charge in [-0.2, -0.15) is 0 Å². The lowest BCUT2D eigenvalue weighted by molar-refractivity contribution is -0.152. The summed E-state index contributed by atoms with van der Waals surface area (Å²) in [5.41, 5.74) is -0.270. The molecule has 4 saturated carbocycles. The first-order chi connectivity index (χ1) is 13.5. The molecule has 4 bridgehead atoms. The van der Waals surface area contributed by atoms with Gasteiger partial charge in [0.15, 0.2) is 6.61 Å². The molecule has 7 heteroatoms. The summed E-state index contributed by atoms with van der Waals surface area (Å²) >= 11 is 1.65. The van der Waals surface area contributed by atoms with Crippen LogP contribution in [0.5, 0.6) is 0 Å². The van der Waals surface area contributed by atoms with Crippen LogP contribution in [0.4, 0.5) is 0 Å². The van der Waals surface area contributed by atoms with E-state index in [1.807, 2.05) is 17.5 Å². The van der Waals surface area contributed by atoms with Crippen molar-refractivity contribution in [3.05, 3.63) is 22.4 Å².